The lowest BCUT2D eigenvalue weighted by atomic mass is 9.81. The van der Waals surface area contributed by atoms with Crippen LogP contribution in [0.15, 0.2) is 23.8 Å². The summed E-state index contributed by atoms with van der Waals surface area (Å²) in [7, 11) is 1.59. The third kappa shape index (κ3) is 4.82. The van der Waals surface area contributed by atoms with Gasteiger partial charge in [-0.1, -0.05) is 0 Å². The van der Waals surface area contributed by atoms with Gasteiger partial charge in [-0.2, -0.15) is 0 Å². The van der Waals surface area contributed by atoms with Gasteiger partial charge in [0.1, 0.15) is 18.1 Å². The Hall–Kier alpha value is -2.05. The molecule has 6 heteroatoms. The third-order valence-corrected chi connectivity index (χ3v) is 5.07. The van der Waals surface area contributed by atoms with E-state index < -0.39 is 5.41 Å². The van der Waals surface area contributed by atoms with Gasteiger partial charge >= 0.3 is 5.97 Å². The standard InChI is InChI=1S/C21H29NO5/c1-4-25-20(23)21(2)8-5-9-22(14-21)12-16-10-17-6-7-18(27-15-24-3)11-19(17)26-13-16/h6-7,10-11H,4-5,8-9,12-15H2,1-3H3/t21-/m1/s1. The van der Waals surface area contributed by atoms with Crippen molar-refractivity contribution in [1.82, 2.24) is 4.90 Å². The molecule has 148 valence electrons. The fourth-order valence-electron chi connectivity index (χ4n) is 3.74. The lowest BCUT2D eigenvalue weighted by Gasteiger charge is -2.39. The Morgan fingerprint density at radius 1 is 1.37 bits per heavy atom. The number of benzene rings is 1. The molecule has 0 unspecified atom stereocenters. The molecule has 1 aromatic carbocycles. The largest absolute Gasteiger partial charge is 0.488 e. The van der Waals surface area contributed by atoms with Crippen LogP contribution in [0.3, 0.4) is 0 Å². The molecule has 2 aliphatic rings. The summed E-state index contributed by atoms with van der Waals surface area (Å²) in [6, 6.07) is 5.80. The van der Waals surface area contributed by atoms with E-state index in [1.165, 1.54) is 5.57 Å². The van der Waals surface area contributed by atoms with Crippen LogP contribution in [0.2, 0.25) is 0 Å². The smallest absolute Gasteiger partial charge is 0.313 e. The van der Waals surface area contributed by atoms with Crippen LogP contribution >= 0.6 is 0 Å². The Kier molecular flexibility index (Phi) is 6.39. The quantitative estimate of drug-likeness (QED) is 0.539. The van der Waals surface area contributed by atoms with E-state index in [1.54, 1.807) is 7.11 Å². The number of fused-ring (bicyclic) bond motifs is 1. The van der Waals surface area contributed by atoms with Gasteiger partial charge in [0.05, 0.1) is 12.0 Å². The Morgan fingerprint density at radius 3 is 3.00 bits per heavy atom. The molecule has 0 aliphatic carbocycles. The molecule has 6 nitrogen and oxygen atoms in total. The molecule has 0 bridgehead atoms. The van der Waals surface area contributed by atoms with E-state index in [0.717, 1.165) is 49.5 Å². The minimum Gasteiger partial charge on any atom is -0.488 e. The van der Waals surface area contributed by atoms with Crippen LogP contribution < -0.4 is 9.47 Å². The molecule has 0 amide bonds. The molecule has 0 N–H and O–H groups in total. The molecule has 27 heavy (non-hydrogen) atoms. The summed E-state index contributed by atoms with van der Waals surface area (Å²) in [5.41, 5.74) is 1.84. The van der Waals surface area contributed by atoms with Crippen molar-refractivity contribution in [3.63, 3.8) is 0 Å². The van der Waals surface area contributed by atoms with Crippen molar-refractivity contribution >= 4 is 12.0 Å². The highest BCUT2D eigenvalue weighted by Gasteiger charge is 2.39. The van der Waals surface area contributed by atoms with Crippen molar-refractivity contribution in [2.45, 2.75) is 26.7 Å². The zero-order chi connectivity index (χ0) is 19.3. The van der Waals surface area contributed by atoms with Crippen LogP contribution in [0.1, 0.15) is 32.3 Å². The molecule has 0 spiro atoms. The van der Waals surface area contributed by atoms with Gasteiger partial charge in [0.2, 0.25) is 0 Å². The van der Waals surface area contributed by atoms with Gasteiger partial charge in [0.15, 0.2) is 6.79 Å². The lowest BCUT2D eigenvalue weighted by molar-refractivity contribution is -0.157. The Morgan fingerprint density at radius 2 is 2.22 bits per heavy atom. The van der Waals surface area contributed by atoms with E-state index in [1.807, 2.05) is 32.0 Å². The summed E-state index contributed by atoms with van der Waals surface area (Å²) < 4.78 is 21.6. The third-order valence-electron chi connectivity index (χ3n) is 5.07. The highest BCUT2D eigenvalue weighted by atomic mass is 16.7. The zero-order valence-electron chi connectivity index (χ0n) is 16.5. The van der Waals surface area contributed by atoms with E-state index in [9.17, 15) is 4.79 Å². The summed E-state index contributed by atoms with van der Waals surface area (Å²) >= 11 is 0. The fraction of sp³-hybridized carbons (Fsp3) is 0.571. The number of hydrogen-bond donors (Lipinski definition) is 0. The SMILES string of the molecule is CCOC(=O)[C@]1(C)CCCN(CC2=Cc3ccc(OCOC)cc3OC2)C1. The second-order valence-electron chi connectivity index (χ2n) is 7.44. The summed E-state index contributed by atoms with van der Waals surface area (Å²) in [5, 5.41) is 0. The fourth-order valence-corrected chi connectivity index (χ4v) is 3.74. The number of likely N-dealkylation sites (tertiary alicyclic amines) is 1. The summed E-state index contributed by atoms with van der Waals surface area (Å²) in [6.45, 7) is 7.58. The predicted octanol–water partition coefficient (Wildman–Crippen LogP) is 3.11. The normalized spacial score (nSPS) is 22.4. The molecule has 1 saturated heterocycles. The van der Waals surface area contributed by atoms with Gasteiger partial charge in [0.25, 0.3) is 0 Å². The maximum Gasteiger partial charge on any atom is 0.313 e. The maximum absolute atomic E-state index is 12.3. The van der Waals surface area contributed by atoms with Crippen molar-refractivity contribution in [2.24, 2.45) is 5.41 Å². The lowest BCUT2D eigenvalue weighted by Crippen LogP contribution is -2.47. The monoisotopic (exact) mass is 375 g/mol. The minimum atomic E-state index is -0.421. The van der Waals surface area contributed by atoms with E-state index in [4.69, 9.17) is 18.9 Å². The molecule has 2 heterocycles. The number of rotatable bonds is 7. The van der Waals surface area contributed by atoms with Crippen LogP contribution in [0.5, 0.6) is 11.5 Å². The summed E-state index contributed by atoms with van der Waals surface area (Å²) in [5.74, 6) is 1.47. The number of hydrogen-bond acceptors (Lipinski definition) is 6. The Labute approximate surface area is 161 Å². The van der Waals surface area contributed by atoms with Crippen LogP contribution in [-0.4, -0.2) is 57.6 Å². The van der Waals surface area contributed by atoms with Gasteiger partial charge < -0.3 is 18.9 Å². The number of methoxy groups -OCH3 is 1. The van der Waals surface area contributed by atoms with Gasteiger partial charge in [0, 0.05) is 31.8 Å². The molecule has 0 aromatic heterocycles. The first kappa shape index (κ1) is 19.7. The van der Waals surface area contributed by atoms with Gasteiger partial charge in [-0.3, -0.25) is 9.69 Å². The van der Waals surface area contributed by atoms with Gasteiger partial charge in [-0.05, 0) is 57.0 Å². The summed E-state index contributed by atoms with van der Waals surface area (Å²) in [6.07, 6.45) is 4.06. The number of carbonyl (C=O) groups is 1. The molecule has 0 saturated carbocycles. The van der Waals surface area contributed by atoms with Crippen LogP contribution in [0.25, 0.3) is 6.08 Å². The second-order valence-corrected chi connectivity index (χ2v) is 7.44. The molecule has 3 rings (SSSR count). The number of ether oxygens (including phenoxy) is 4. The molecule has 1 fully saturated rings. The first-order valence-corrected chi connectivity index (χ1v) is 9.51. The number of carbonyl (C=O) groups excluding carboxylic acids is 1. The average Bonchev–Trinajstić information content (AvgIpc) is 2.66. The van der Waals surface area contributed by atoms with Crippen molar-refractivity contribution in [3.05, 3.63) is 29.3 Å². The molecular weight excluding hydrogens is 346 g/mol. The highest BCUT2D eigenvalue weighted by Crippen LogP contribution is 2.33. The van der Waals surface area contributed by atoms with Crippen LogP contribution in [0, 0.1) is 5.41 Å². The number of piperidine rings is 1. The topological polar surface area (TPSA) is 57.2 Å². The minimum absolute atomic E-state index is 0.0856. The van der Waals surface area contributed by atoms with Crippen molar-refractivity contribution in [2.75, 3.05) is 46.8 Å². The van der Waals surface area contributed by atoms with E-state index in [-0.39, 0.29) is 12.8 Å². The van der Waals surface area contributed by atoms with Crippen LogP contribution in [0.4, 0.5) is 0 Å². The van der Waals surface area contributed by atoms with E-state index in [2.05, 4.69) is 11.0 Å². The Bertz CT molecular complexity index is 702. The van der Waals surface area contributed by atoms with Gasteiger partial charge in [-0.25, -0.2) is 0 Å². The predicted molar refractivity (Wildman–Crippen MR) is 103 cm³/mol. The van der Waals surface area contributed by atoms with Crippen LogP contribution in [-0.2, 0) is 14.3 Å². The average molecular weight is 375 g/mol. The van der Waals surface area contributed by atoms with Crippen molar-refractivity contribution in [3.8, 4) is 11.5 Å². The number of nitrogens with zero attached hydrogens (tertiary/aromatic N) is 1. The summed E-state index contributed by atoms with van der Waals surface area (Å²) in [4.78, 5) is 14.6. The maximum atomic E-state index is 12.3. The molecule has 1 aromatic rings. The Balaban J connectivity index is 1.64. The molecule has 2 aliphatic heterocycles. The zero-order valence-corrected chi connectivity index (χ0v) is 16.5. The second kappa shape index (κ2) is 8.76. The van der Waals surface area contributed by atoms with E-state index in [0.29, 0.717) is 13.2 Å². The van der Waals surface area contributed by atoms with E-state index >= 15 is 0 Å². The van der Waals surface area contributed by atoms with Gasteiger partial charge in [-0.15, -0.1) is 0 Å². The van der Waals surface area contributed by atoms with Crippen molar-refractivity contribution < 1.29 is 23.7 Å². The highest BCUT2D eigenvalue weighted by molar-refractivity contribution is 5.76. The number of esters is 1. The first-order chi connectivity index (χ1) is 13.0. The molecule has 1 atom stereocenters. The van der Waals surface area contributed by atoms with Crippen molar-refractivity contribution in [1.29, 1.82) is 0 Å². The molecular formula is C21H29NO5. The molecule has 0 radical (unpaired) electrons. The first-order valence-electron chi connectivity index (χ1n) is 9.51.